The molecule has 0 aliphatic heterocycles. The lowest BCUT2D eigenvalue weighted by atomic mass is 9.95. The maximum absolute atomic E-state index is 13.2. The second kappa shape index (κ2) is 8.61. The van der Waals surface area contributed by atoms with Gasteiger partial charge in [-0.15, -0.1) is 0 Å². The third-order valence-corrected chi connectivity index (χ3v) is 7.28. The van der Waals surface area contributed by atoms with Gasteiger partial charge in [-0.05, 0) is 36.2 Å². The highest BCUT2D eigenvalue weighted by Gasteiger charge is 2.21. The maximum atomic E-state index is 13.2. The molecule has 3 aromatic carbocycles. The fourth-order valence-corrected chi connectivity index (χ4v) is 5.15. The van der Waals surface area contributed by atoms with Gasteiger partial charge in [0.05, 0.1) is 16.8 Å². The number of nitrogens with zero attached hydrogens (tertiary/aromatic N) is 3. The minimum absolute atomic E-state index is 0.191. The van der Waals surface area contributed by atoms with Gasteiger partial charge < -0.3 is 5.73 Å². The lowest BCUT2D eigenvalue weighted by Gasteiger charge is -2.13. The van der Waals surface area contributed by atoms with E-state index in [2.05, 4.69) is 9.97 Å². The number of benzene rings is 3. The first kappa shape index (κ1) is 21.6. The van der Waals surface area contributed by atoms with Gasteiger partial charge in [0, 0.05) is 11.8 Å². The highest BCUT2D eigenvalue weighted by Crippen LogP contribution is 2.29. The molecule has 7 heteroatoms. The normalized spacial score (nSPS) is 11.4. The van der Waals surface area contributed by atoms with E-state index in [1.54, 1.807) is 30.3 Å². The Bertz CT molecular complexity index is 1560. The van der Waals surface area contributed by atoms with Crippen LogP contribution in [0.2, 0.25) is 0 Å². The standard InChI is InChI=1S/C27H22N4O2S/c1-19-12-14-22(15-13-19)34(32,33)31-17-16-23-27(31)29-18-24(30-23)26(28)25(20-8-4-2-5-9-20)21-10-6-3-7-11-21/h2-18H,28H2,1H3. The van der Waals surface area contributed by atoms with Crippen molar-refractivity contribution in [2.75, 3.05) is 0 Å². The first-order valence-corrected chi connectivity index (χ1v) is 12.2. The van der Waals surface area contributed by atoms with Gasteiger partial charge in [-0.3, -0.25) is 0 Å². The lowest BCUT2D eigenvalue weighted by molar-refractivity contribution is 0.588. The molecule has 0 bridgehead atoms. The number of aromatic nitrogens is 3. The minimum Gasteiger partial charge on any atom is -0.396 e. The van der Waals surface area contributed by atoms with Gasteiger partial charge >= 0.3 is 0 Å². The number of fused-ring (bicyclic) bond motifs is 1. The molecule has 0 saturated heterocycles. The van der Waals surface area contributed by atoms with E-state index >= 15 is 0 Å². The molecule has 34 heavy (non-hydrogen) atoms. The Balaban J connectivity index is 1.64. The third-order valence-electron chi connectivity index (χ3n) is 5.60. The molecule has 0 aliphatic carbocycles. The molecule has 2 aromatic heterocycles. The van der Waals surface area contributed by atoms with Crippen molar-refractivity contribution in [3.05, 3.63) is 126 Å². The molecule has 0 radical (unpaired) electrons. The van der Waals surface area contributed by atoms with Gasteiger partial charge in [0.1, 0.15) is 11.2 Å². The molecule has 0 fully saturated rings. The largest absolute Gasteiger partial charge is 0.396 e. The Morgan fingerprint density at radius 3 is 2.00 bits per heavy atom. The van der Waals surface area contributed by atoms with Crippen molar-refractivity contribution in [1.82, 2.24) is 13.9 Å². The van der Waals surface area contributed by atoms with Crippen LogP contribution < -0.4 is 5.73 Å². The average Bonchev–Trinajstić information content (AvgIpc) is 3.30. The molecule has 0 saturated carbocycles. The van der Waals surface area contributed by atoms with E-state index in [1.807, 2.05) is 67.6 Å². The second-order valence-corrected chi connectivity index (χ2v) is 9.73. The zero-order chi connectivity index (χ0) is 23.7. The molecular weight excluding hydrogens is 444 g/mol. The van der Waals surface area contributed by atoms with Gasteiger partial charge in [0.2, 0.25) is 0 Å². The summed E-state index contributed by atoms with van der Waals surface area (Å²) in [6.07, 6.45) is 2.99. The van der Waals surface area contributed by atoms with E-state index in [1.165, 1.54) is 12.4 Å². The van der Waals surface area contributed by atoms with Crippen LogP contribution in [0.25, 0.3) is 22.4 Å². The SMILES string of the molecule is Cc1ccc(S(=O)(=O)n2ccc3nc(C(N)=C(c4ccccc4)c4ccccc4)cnc32)cc1. The van der Waals surface area contributed by atoms with Crippen molar-refractivity contribution in [3.63, 3.8) is 0 Å². The molecule has 0 amide bonds. The van der Waals surface area contributed by atoms with Crippen LogP contribution in [0.3, 0.4) is 0 Å². The summed E-state index contributed by atoms with van der Waals surface area (Å²) in [7, 11) is -3.80. The predicted molar refractivity (Wildman–Crippen MR) is 134 cm³/mol. The first-order valence-electron chi connectivity index (χ1n) is 10.7. The van der Waals surface area contributed by atoms with Crippen LogP contribution >= 0.6 is 0 Å². The van der Waals surface area contributed by atoms with Crippen molar-refractivity contribution in [3.8, 4) is 0 Å². The maximum Gasteiger partial charge on any atom is 0.269 e. The van der Waals surface area contributed by atoms with E-state index in [9.17, 15) is 8.42 Å². The monoisotopic (exact) mass is 466 g/mol. The number of aryl methyl sites for hydroxylation is 1. The van der Waals surface area contributed by atoms with Crippen LogP contribution in [0.5, 0.6) is 0 Å². The number of rotatable bonds is 5. The average molecular weight is 467 g/mol. The van der Waals surface area contributed by atoms with E-state index in [0.717, 1.165) is 26.2 Å². The van der Waals surface area contributed by atoms with Crippen molar-refractivity contribution in [2.24, 2.45) is 5.73 Å². The quantitative estimate of drug-likeness (QED) is 0.400. The van der Waals surface area contributed by atoms with E-state index in [0.29, 0.717) is 16.9 Å². The number of hydrogen-bond acceptors (Lipinski definition) is 5. The lowest BCUT2D eigenvalue weighted by Crippen LogP contribution is -2.13. The van der Waals surface area contributed by atoms with E-state index in [4.69, 9.17) is 5.73 Å². The summed E-state index contributed by atoms with van der Waals surface area (Å²) in [4.78, 5) is 9.30. The van der Waals surface area contributed by atoms with Crippen LogP contribution in [0, 0.1) is 6.92 Å². The smallest absolute Gasteiger partial charge is 0.269 e. The number of nitrogens with two attached hydrogens (primary N) is 1. The summed E-state index contributed by atoms with van der Waals surface area (Å²) in [6, 6.07) is 28.0. The molecule has 5 aromatic rings. The molecular formula is C27H22N4O2S. The van der Waals surface area contributed by atoms with Crippen molar-refractivity contribution >= 4 is 32.5 Å². The van der Waals surface area contributed by atoms with Gasteiger partial charge in [-0.2, -0.15) is 0 Å². The Morgan fingerprint density at radius 1 is 0.824 bits per heavy atom. The highest BCUT2D eigenvalue weighted by atomic mass is 32.2. The highest BCUT2D eigenvalue weighted by molar-refractivity contribution is 7.90. The topological polar surface area (TPSA) is 90.9 Å². The molecule has 0 spiro atoms. The summed E-state index contributed by atoms with van der Waals surface area (Å²) in [6.45, 7) is 1.91. The van der Waals surface area contributed by atoms with Gasteiger partial charge in [-0.1, -0.05) is 78.4 Å². The molecule has 0 aliphatic rings. The Kier molecular flexibility index (Phi) is 5.47. The summed E-state index contributed by atoms with van der Waals surface area (Å²) >= 11 is 0. The van der Waals surface area contributed by atoms with Crippen LogP contribution in [-0.4, -0.2) is 22.4 Å². The molecule has 0 unspecified atom stereocenters. The molecule has 6 nitrogen and oxygen atoms in total. The van der Waals surface area contributed by atoms with Crippen LogP contribution in [-0.2, 0) is 10.0 Å². The predicted octanol–water partition coefficient (Wildman–Crippen LogP) is 4.85. The fraction of sp³-hybridized carbons (Fsp3) is 0.0370. The van der Waals surface area contributed by atoms with Crippen LogP contribution in [0.4, 0.5) is 0 Å². The summed E-state index contributed by atoms with van der Waals surface area (Å²) in [5.74, 6) is 0. The Labute approximate surface area is 198 Å². The summed E-state index contributed by atoms with van der Waals surface area (Å²) in [5, 5.41) is 0. The zero-order valence-electron chi connectivity index (χ0n) is 18.5. The van der Waals surface area contributed by atoms with Crippen molar-refractivity contribution in [2.45, 2.75) is 11.8 Å². The van der Waals surface area contributed by atoms with Crippen molar-refractivity contribution in [1.29, 1.82) is 0 Å². The first-order chi connectivity index (χ1) is 16.4. The van der Waals surface area contributed by atoms with Crippen molar-refractivity contribution < 1.29 is 8.42 Å². The Hall–Kier alpha value is -4.23. The molecule has 168 valence electrons. The number of hydrogen-bond donors (Lipinski definition) is 1. The van der Waals surface area contributed by atoms with Crippen LogP contribution in [0.15, 0.2) is 108 Å². The third kappa shape index (κ3) is 3.86. The molecule has 2 N–H and O–H groups in total. The molecule has 0 atom stereocenters. The second-order valence-electron chi connectivity index (χ2n) is 7.91. The van der Waals surface area contributed by atoms with Gasteiger partial charge in [0.25, 0.3) is 10.0 Å². The zero-order valence-corrected chi connectivity index (χ0v) is 19.3. The van der Waals surface area contributed by atoms with Gasteiger partial charge in [-0.25, -0.2) is 22.4 Å². The molecule has 2 heterocycles. The molecule has 5 rings (SSSR count). The minimum atomic E-state index is -3.80. The summed E-state index contributed by atoms with van der Waals surface area (Å²) in [5.41, 5.74) is 12.0. The van der Waals surface area contributed by atoms with Crippen LogP contribution in [0.1, 0.15) is 22.4 Å². The van der Waals surface area contributed by atoms with Gasteiger partial charge in [0.15, 0.2) is 5.65 Å². The van der Waals surface area contributed by atoms with E-state index < -0.39 is 10.0 Å². The Morgan fingerprint density at radius 2 is 1.41 bits per heavy atom. The summed E-state index contributed by atoms with van der Waals surface area (Å²) < 4.78 is 27.5. The fourth-order valence-electron chi connectivity index (χ4n) is 3.85. The van der Waals surface area contributed by atoms with E-state index in [-0.39, 0.29) is 10.5 Å².